The second kappa shape index (κ2) is 10.2. The zero-order valence-electron chi connectivity index (χ0n) is 18.2. The predicted octanol–water partition coefficient (Wildman–Crippen LogP) is 4.19. The number of para-hydroxylation sites is 2. The number of hydrogen-bond acceptors (Lipinski definition) is 4. The first kappa shape index (κ1) is 21.8. The van der Waals surface area contributed by atoms with Crippen molar-refractivity contribution in [1.82, 2.24) is 9.80 Å². The molecule has 2 aromatic rings. The van der Waals surface area contributed by atoms with Gasteiger partial charge in [0.15, 0.2) is 0 Å². The minimum Gasteiger partial charge on any atom is -0.495 e. The van der Waals surface area contributed by atoms with Crippen LogP contribution in [-0.4, -0.2) is 75.3 Å². The fourth-order valence-electron chi connectivity index (χ4n) is 4.42. The average Bonchev–Trinajstić information content (AvgIpc) is 3.17. The zero-order chi connectivity index (χ0) is 21.6. The fraction of sp³-hybridized carbons (Fsp3) is 0.458. The predicted molar refractivity (Wildman–Crippen MR) is 127 cm³/mol. The Morgan fingerprint density at radius 2 is 1.68 bits per heavy atom. The monoisotopic (exact) mass is 442 g/mol. The molecule has 2 fully saturated rings. The number of anilines is 2. The molecule has 7 heteroatoms. The highest BCUT2D eigenvalue weighted by Crippen LogP contribution is 2.28. The molecule has 4 rings (SSSR count). The second-order valence-electron chi connectivity index (χ2n) is 8.11. The van der Waals surface area contributed by atoms with Crippen molar-refractivity contribution in [2.24, 2.45) is 0 Å². The number of nitrogens with zero attached hydrogens (tertiary/aromatic N) is 4. The van der Waals surface area contributed by atoms with E-state index in [4.69, 9.17) is 16.3 Å². The van der Waals surface area contributed by atoms with Crippen molar-refractivity contribution in [3.05, 3.63) is 53.6 Å². The molecule has 2 saturated heterocycles. The van der Waals surface area contributed by atoms with Gasteiger partial charge in [0.1, 0.15) is 5.75 Å². The van der Waals surface area contributed by atoms with Crippen molar-refractivity contribution < 1.29 is 9.53 Å². The lowest BCUT2D eigenvalue weighted by Gasteiger charge is -2.36. The molecule has 6 nitrogen and oxygen atoms in total. The van der Waals surface area contributed by atoms with E-state index in [0.717, 1.165) is 76.6 Å². The third-order valence-electron chi connectivity index (χ3n) is 6.17. The molecule has 31 heavy (non-hydrogen) atoms. The Bertz CT molecular complexity index is 885. The van der Waals surface area contributed by atoms with Gasteiger partial charge in [0.25, 0.3) is 0 Å². The topological polar surface area (TPSA) is 39.3 Å². The van der Waals surface area contributed by atoms with Gasteiger partial charge in [0.05, 0.1) is 12.8 Å². The summed E-state index contributed by atoms with van der Waals surface area (Å²) >= 11 is 6.08. The van der Waals surface area contributed by atoms with Crippen LogP contribution in [0.15, 0.2) is 48.5 Å². The molecule has 0 radical (unpaired) electrons. The largest absolute Gasteiger partial charge is 0.495 e. The summed E-state index contributed by atoms with van der Waals surface area (Å²) in [5.74, 6) is 0.943. The SMILES string of the molecule is COc1ccccc1N1CCN(CCCCN2CCN(c3cccc(Cl)c3)C2=O)CC1. The Morgan fingerprint density at radius 1 is 0.903 bits per heavy atom. The van der Waals surface area contributed by atoms with Crippen molar-refractivity contribution in [2.75, 3.05) is 69.3 Å². The van der Waals surface area contributed by atoms with Crippen molar-refractivity contribution in [2.45, 2.75) is 12.8 Å². The van der Waals surface area contributed by atoms with Crippen molar-refractivity contribution >= 4 is 29.0 Å². The lowest BCUT2D eigenvalue weighted by atomic mass is 10.2. The third kappa shape index (κ3) is 5.25. The number of carbonyl (C=O) groups excluding carboxylic acids is 1. The van der Waals surface area contributed by atoms with Crippen LogP contribution in [0, 0.1) is 0 Å². The summed E-state index contributed by atoms with van der Waals surface area (Å²) in [7, 11) is 1.73. The van der Waals surface area contributed by atoms with Gasteiger partial charge in [-0.3, -0.25) is 9.80 Å². The van der Waals surface area contributed by atoms with E-state index in [1.165, 1.54) is 5.69 Å². The molecule has 0 unspecified atom stereocenters. The van der Waals surface area contributed by atoms with Crippen molar-refractivity contribution in [3.63, 3.8) is 0 Å². The smallest absolute Gasteiger partial charge is 0.324 e. The van der Waals surface area contributed by atoms with Gasteiger partial charge >= 0.3 is 6.03 Å². The Morgan fingerprint density at radius 3 is 2.45 bits per heavy atom. The van der Waals surface area contributed by atoms with Gasteiger partial charge in [-0.15, -0.1) is 0 Å². The molecule has 166 valence electrons. The van der Waals surface area contributed by atoms with Gasteiger partial charge in [-0.25, -0.2) is 4.79 Å². The van der Waals surface area contributed by atoms with Crippen LogP contribution in [0.25, 0.3) is 0 Å². The first-order valence-electron chi connectivity index (χ1n) is 11.1. The molecule has 0 aromatic heterocycles. The van der Waals surface area contributed by atoms with Gasteiger partial charge in [-0.2, -0.15) is 0 Å². The van der Waals surface area contributed by atoms with E-state index >= 15 is 0 Å². The lowest BCUT2D eigenvalue weighted by molar-refractivity contribution is 0.216. The van der Waals surface area contributed by atoms with E-state index in [1.807, 2.05) is 46.2 Å². The van der Waals surface area contributed by atoms with E-state index in [-0.39, 0.29) is 6.03 Å². The Hall–Kier alpha value is -2.44. The molecule has 0 spiro atoms. The van der Waals surface area contributed by atoms with Crippen LogP contribution in [0.5, 0.6) is 5.75 Å². The van der Waals surface area contributed by atoms with E-state index in [9.17, 15) is 4.79 Å². The summed E-state index contributed by atoms with van der Waals surface area (Å²) in [6.45, 7) is 7.55. The summed E-state index contributed by atoms with van der Waals surface area (Å²) in [6, 6.07) is 15.8. The number of methoxy groups -OCH3 is 1. The highest BCUT2D eigenvalue weighted by molar-refractivity contribution is 6.30. The number of hydrogen-bond donors (Lipinski definition) is 0. The molecule has 2 aliphatic rings. The minimum absolute atomic E-state index is 0.0905. The standard InChI is InChI=1S/C24H31ClN4O2/c1-31-23-10-3-2-9-22(23)27-15-13-26(14-16-27)11-4-5-12-28-17-18-29(24(28)30)21-8-6-7-20(25)19-21/h2-3,6-10,19H,4-5,11-18H2,1H3. The maximum atomic E-state index is 12.7. The van der Waals surface area contributed by atoms with Crippen LogP contribution >= 0.6 is 11.6 Å². The number of piperazine rings is 1. The number of halogens is 1. The van der Waals surface area contributed by atoms with Crippen molar-refractivity contribution in [3.8, 4) is 5.75 Å². The van der Waals surface area contributed by atoms with Gasteiger partial charge < -0.3 is 14.5 Å². The zero-order valence-corrected chi connectivity index (χ0v) is 18.9. The molecule has 0 aliphatic carbocycles. The normalized spacial score (nSPS) is 17.5. The second-order valence-corrected chi connectivity index (χ2v) is 8.55. The molecular weight excluding hydrogens is 412 g/mol. The number of unbranched alkanes of at least 4 members (excludes halogenated alkanes) is 1. The van der Waals surface area contributed by atoms with Crippen LogP contribution in [0.3, 0.4) is 0 Å². The number of urea groups is 1. The first-order chi connectivity index (χ1) is 15.2. The van der Waals surface area contributed by atoms with E-state index in [0.29, 0.717) is 5.02 Å². The highest BCUT2D eigenvalue weighted by atomic mass is 35.5. The third-order valence-corrected chi connectivity index (χ3v) is 6.40. The number of rotatable bonds is 8. The molecule has 0 atom stereocenters. The first-order valence-corrected chi connectivity index (χ1v) is 11.5. The number of amides is 2. The molecule has 2 heterocycles. The van der Waals surface area contributed by atoms with E-state index in [2.05, 4.69) is 21.9 Å². The van der Waals surface area contributed by atoms with Gasteiger partial charge in [-0.1, -0.05) is 29.8 Å². The fourth-order valence-corrected chi connectivity index (χ4v) is 4.60. The Kier molecular flexibility index (Phi) is 7.20. The molecule has 2 aromatic carbocycles. The van der Waals surface area contributed by atoms with Gasteiger partial charge in [0, 0.05) is 56.5 Å². The van der Waals surface area contributed by atoms with Crippen LogP contribution in [0.4, 0.5) is 16.2 Å². The molecule has 2 aliphatic heterocycles. The van der Waals surface area contributed by atoms with Crippen LogP contribution < -0.4 is 14.5 Å². The maximum absolute atomic E-state index is 12.7. The molecule has 2 amide bonds. The van der Waals surface area contributed by atoms with Crippen LogP contribution in [0.2, 0.25) is 5.02 Å². The molecule has 0 bridgehead atoms. The number of ether oxygens (including phenoxy) is 1. The van der Waals surface area contributed by atoms with Crippen molar-refractivity contribution in [1.29, 1.82) is 0 Å². The Labute approximate surface area is 189 Å². The van der Waals surface area contributed by atoms with Gasteiger partial charge in [0.2, 0.25) is 0 Å². The lowest BCUT2D eigenvalue weighted by Crippen LogP contribution is -2.46. The van der Waals surface area contributed by atoms with E-state index < -0.39 is 0 Å². The quantitative estimate of drug-likeness (QED) is 0.574. The number of benzene rings is 2. The summed E-state index contributed by atoms with van der Waals surface area (Å²) in [4.78, 5) is 21.4. The molecular formula is C24H31ClN4O2. The summed E-state index contributed by atoms with van der Waals surface area (Å²) < 4.78 is 5.51. The summed E-state index contributed by atoms with van der Waals surface area (Å²) in [5, 5.41) is 0.662. The average molecular weight is 443 g/mol. The van der Waals surface area contributed by atoms with E-state index in [1.54, 1.807) is 7.11 Å². The number of carbonyl (C=O) groups is 1. The van der Waals surface area contributed by atoms with Crippen LogP contribution in [0.1, 0.15) is 12.8 Å². The highest BCUT2D eigenvalue weighted by Gasteiger charge is 2.29. The maximum Gasteiger partial charge on any atom is 0.324 e. The Balaban J connectivity index is 1.17. The molecule has 0 N–H and O–H groups in total. The summed E-state index contributed by atoms with van der Waals surface area (Å²) in [6.07, 6.45) is 2.14. The molecule has 0 saturated carbocycles. The van der Waals surface area contributed by atoms with Crippen LogP contribution in [-0.2, 0) is 0 Å². The van der Waals surface area contributed by atoms with Gasteiger partial charge in [-0.05, 0) is 49.7 Å². The minimum atomic E-state index is 0.0905. The summed E-state index contributed by atoms with van der Waals surface area (Å²) in [5.41, 5.74) is 2.06.